The number of carbonyl (C=O) groups is 3. The number of amides is 1. The van der Waals surface area contributed by atoms with E-state index in [1.807, 2.05) is 0 Å². The Morgan fingerprint density at radius 3 is 2.68 bits per heavy atom. The highest BCUT2D eigenvalue weighted by atomic mass is 32.2. The summed E-state index contributed by atoms with van der Waals surface area (Å²) in [7, 11) is 0. The van der Waals surface area contributed by atoms with Gasteiger partial charge in [0.05, 0.1) is 4.91 Å². The Balaban J connectivity index is 2.08. The van der Waals surface area contributed by atoms with Crippen molar-refractivity contribution in [3.63, 3.8) is 0 Å². The first-order chi connectivity index (χ1) is 10.4. The molecular formula is C13H11NO6S2. The minimum Gasteiger partial charge on any atom is -0.481 e. The molecule has 0 atom stereocenters. The maximum absolute atomic E-state index is 12.2. The highest BCUT2D eigenvalue weighted by Crippen LogP contribution is 2.32. The van der Waals surface area contributed by atoms with Gasteiger partial charge in [-0.05, 0) is 18.6 Å². The van der Waals surface area contributed by atoms with Crippen LogP contribution < -0.4 is 0 Å². The van der Waals surface area contributed by atoms with Crippen molar-refractivity contribution in [3.05, 3.63) is 28.6 Å². The van der Waals surface area contributed by atoms with E-state index in [0.717, 1.165) is 11.8 Å². The minimum absolute atomic E-state index is 0.0454. The number of nitrogens with zero attached hydrogens (tertiary/aromatic N) is 1. The van der Waals surface area contributed by atoms with Crippen molar-refractivity contribution in [2.24, 2.45) is 0 Å². The van der Waals surface area contributed by atoms with E-state index < -0.39 is 11.9 Å². The van der Waals surface area contributed by atoms with Crippen molar-refractivity contribution in [2.75, 3.05) is 6.54 Å². The largest absolute Gasteiger partial charge is 0.481 e. The minimum atomic E-state index is -1.19. The van der Waals surface area contributed by atoms with E-state index in [2.05, 4.69) is 0 Å². The van der Waals surface area contributed by atoms with Crippen LogP contribution in [-0.4, -0.2) is 43.8 Å². The SMILES string of the molecule is O=C(O)CCCN1C(=O)/C(=C/c2ccc(C(=O)O)o2)SC1=S. The molecule has 1 saturated heterocycles. The molecule has 0 spiro atoms. The number of carboxylic acid groups (broad SMARTS) is 2. The molecule has 116 valence electrons. The van der Waals surface area contributed by atoms with Gasteiger partial charge in [0.2, 0.25) is 5.76 Å². The summed E-state index contributed by atoms with van der Waals surface area (Å²) in [5, 5.41) is 17.4. The molecular weight excluding hydrogens is 330 g/mol. The van der Waals surface area contributed by atoms with Crippen molar-refractivity contribution in [1.82, 2.24) is 4.90 Å². The Morgan fingerprint density at radius 1 is 1.36 bits per heavy atom. The van der Waals surface area contributed by atoms with Crippen LogP contribution in [0.25, 0.3) is 6.08 Å². The van der Waals surface area contributed by atoms with E-state index >= 15 is 0 Å². The topological polar surface area (TPSA) is 108 Å². The summed E-state index contributed by atoms with van der Waals surface area (Å²) in [5.74, 6) is -2.45. The molecule has 0 unspecified atom stereocenters. The number of thiocarbonyl (C=S) groups is 1. The first kappa shape index (κ1) is 16.2. The summed E-state index contributed by atoms with van der Waals surface area (Å²) < 4.78 is 5.40. The van der Waals surface area contributed by atoms with Gasteiger partial charge in [0.1, 0.15) is 10.1 Å². The third-order valence-electron chi connectivity index (χ3n) is 2.76. The van der Waals surface area contributed by atoms with Crippen LogP contribution in [0.4, 0.5) is 0 Å². The van der Waals surface area contributed by atoms with Gasteiger partial charge in [-0.15, -0.1) is 0 Å². The van der Waals surface area contributed by atoms with E-state index in [9.17, 15) is 14.4 Å². The molecule has 0 aromatic carbocycles. The number of thioether (sulfide) groups is 1. The molecule has 1 aliphatic heterocycles. The number of aromatic carboxylic acids is 1. The van der Waals surface area contributed by atoms with Gasteiger partial charge in [-0.25, -0.2) is 4.79 Å². The lowest BCUT2D eigenvalue weighted by molar-refractivity contribution is -0.137. The first-order valence-electron chi connectivity index (χ1n) is 6.19. The molecule has 1 fully saturated rings. The van der Waals surface area contributed by atoms with E-state index in [-0.39, 0.29) is 30.4 Å². The molecule has 1 aromatic heterocycles. The summed E-state index contributed by atoms with van der Waals surface area (Å²) in [4.78, 5) is 35.0. The van der Waals surface area contributed by atoms with Crippen LogP contribution in [0.2, 0.25) is 0 Å². The van der Waals surface area contributed by atoms with Gasteiger partial charge >= 0.3 is 11.9 Å². The Morgan fingerprint density at radius 2 is 2.09 bits per heavy atom. The molecule has 2 N–H and O–H groups in total. The van der Waals surface area contributed by atoms with Gasteiger partial charge in [-0.3, -0.25) is 14.5 Å². The average molecular weight is 341 g/mol. The molecule has 1 amide bonds. The zero-order valence-electron chi connectivity index (χ0n) is 11.1. The Bertz CT molecular complexity index is 678. The lowest BCUT2D eigenvalue weighted by Gasteiger charge is -2.12. The fraction of sp³-hybridized carbons (Fsp3) is 0.231. The second kappa shape index (κ2) is 6.75. The number of hydrogen-bond donors (Lipinski definition) is 2. The molecule has 7 nitrogen and oxygen atoms in total. The predicted molar refractivity (Wildman–Crippen MR) is 82.4 cm³/mol. The maximum atomic E-state index is 12.2. The van der Waals surface area contributed by atoms with Crippen molar-refractivity contribution < 1.29 is 29.0 Å². The zero-order valence-corrected chi connectivity index (χ0v) is 12.8. The molecule has 2 rings (SSSR count). The molecule has 1 aliphatic rings. The van der Waals surface area contributed by atoms with Crippen LogP contribution in [0.1, 0.15) is 29.2 Å². The number of rotatable bonds is 6. The summed E-state index contributed by atoms with van der Waals surface area (Å²) in [5.41, 5.74) is 0. The molecule has 0 radical (unpaired) electrons. The smallest absolute Gasteiger partial charge is 0.371 e. The summed E-state index contributed by atoms with van der Waals surface area (Å²) in [6, 6.07) is 2.74. The van der Waals surface area contributed by atoms with Crippen molar-refractivity contribution in [1.29, 1.82) is 0 Å². The van der Waals surface area contributed by atoms with Crippen LogP contribution in [-0.2, 0) is 9.59 Å². The molecule has 1 aromatic rings. The van der Waals surface area contributed by atoms with Gasteiger partial charge in [0, 0.05) is 19.0 Å². The standard InChI is InChI=1S/C13H11NO6S2/c15-10(16)2-1-5-14-11(17)9(22-13(14)21)6-7-3-4-8(20-7)12(18)19/h3-4,6H,1-2,5H2,(H,15,16)(H,18,19)/b9-6-. The number of hydrogen-bond acceptors (Lipinski definition) is 6. The fourth-order valence-corrected chi connectivity index (χ4v) is 3.04. The van der Waals surface area contributed by atoms with E-state index in [1.54, 1.807) is 0 Å². The lowest BCUT2D eigenvalue weighted by atomic mass is 10.3. The van der Waals surface area contributed by atoms with Gasteiger partial charge in [0.25, 0.3) is 5.91 Å². The second-order valence-corrected chi connectivity index (χ2v) is 6.01. The number of carboxylic acids is 2. The molecule has 9 heteroatoms. The predicted octanol–water partition coefficient (Wildman–Crippen LogP) is 2.04. The van der Waals surface area contributed by atoms with E-state index in [1.165, 1.54) is 23.1 Å². The van der Waals surface area contributed by atoms with Crippen LogP contribution in [0.15, 0.2) is 21.5 Å². The van der Waals surface area contributed by atoms with Gasteiger partial charge < -0.3 is 14.6 Å². The van der Waals surface area contributed by atoms with Crippen LogP contribution >= 0.6 is 24.0 Å². The number of carbonyl (C=O) groups excluding carboxylic acids is 1. The fourth-order valence-electron chi connectivity index (χ4n) is 1.76. The lowest BCUT2D eigenvalue weighted by Crippen LogP contribution is -2.29. The first-order valence-corrected chi connectivity index (χ1v) is 7.41. The van der Waals surface area contributed by atoms with Crippen molar-refractivity contribution >= 4 is 52.2 Å². The monoisotopic (exact) mass is 341 g/mol. The van der Waals surface area contributed by atoms with Crippen LogP contribution in [0.5, 0.6) is 0 Å². The van der Waals surface area contributed by atoms with E-state index in [0.29, 0.717) is 15.6 Å². The Labute approximate surface area is 134 Å². The third-order valence-corrected chi connectivity index (χ3v) is 4.13. The Hall–Kier alpha value is -2.13. The molecule has 0 saturated carbocycles. The quantitative estimate of drug-likeness (QED) is 0.598. The zero-order chi connectivity index (χ0) is 16.3. The van der Waals surface area contributed by atoms with Crippen molar-refractivity contribution in [3.8, 4) is 0 Å². The molecule has 22 heavy (non-hydrogen) atoms. The summed E-state index contributed by atoms with van der Waals surface area (Å²) in [6.45, 7) is 0.229. The van der Waals surface area contributed by atoms with Crippen LogP contribution in [0, 0.1) is 0 Å². The molecule has 0 bridgehead atoms. The summed E-state index contributed by atoms with van der Waals surface area (Å²) in [6.07, 6.45) is 1.68. The number of furan rings is 1. The van der Waals surface area contributed by atoms with Gasteiger partial charge in [0.15, 0.2) is 0 Å². The van der Waals surface area contributed by atoms with Crippen LogP contribution in [0.3, 0.4) is 0 Å². The highest BCUT2D eigenvalue weighted by molar-refractivity contribution is 8.26. The van der Waals surface area contributed by atoms with Gasteiger partial charge in [-0.2, -0.15) is 0 Å². The molecule has 0 aliphatic carbocycles. The molecule has 2 heterocycles. The highest BCUT2D eigenvalue weighted by Gasteiger charge is 2.32. The average Bonchev–Trinajstić information content (AvgIpc) is 2.99. The normalized spacial score (nSPS) is 16.5. The summed E-state index contributed by atoms with van der Waals surface area (Å²) >= 11 is 6.16. The second-order valence-electron chi connectivity index (χ2n) is 4.34. The van der Waals surface area contributed by atoms with E-state index in [4.69, 9.17) is 26.8 Å². The van der Waals surface area contributed by atoms with Gasteiger partial charge in [-0.1, -0.05) is 24.0 Å². The maximum Gasteiger partial charge on any atom is 0.371 e. The Kier molecular flexibility index (Phi) is 4.99. The van der Waals surface area contributed by atoms with Crippen molar-refractivity contribution in [2.45, 2.75) is 12.8 Å². The third kappa shape index (κ3) is 3.74. The number of aliphatic carboxylic acids is 1.